The highest BCUT2D eigenvalue weighted by molar-refractivity contribution is 5.89. The maximum absolute atomic E-state index is 11.4. The Morgan fingerprint density at radius 2 is 1.21 bits per heavy atom. The topological polar surface area (TPSA) is 26.3 Å². The van der Waals surface area contributed by atoms with Crippen LogP contribution in [0.15, 0.2) is 78.9 Å². The van der Waals surface area contributed by atoms with Gasteiger partial charge in [-0.15, -0.1) is 0 Å². The van der Waals surface area contributed by atoms with Crippen molar-refractivity contribution in [2.45, 2.75) is 0 Å². The SMILES string of the molecule is COC(=O)c1ccc(/C=C/c2ccc(-c3ccccc3)cc2)cc1. The molecular weight excluding hydrogens is 296 g/mol. The molecule has 0 saturated carbocycles. The number of benzene rings is 3. The Morgan fingerprint density at radius 3 is 1.75 bits per heavy atom. The molecule has 3 aromatic rings. The summed E-state index contributed by atoms with van der Waals surface area (Å²) in [7, 11) is 1.38. The summed E-state index contributed by atoms with van der Waals surface area (Å²) in [6.45, 7) is 0. The molecule has 0 aliphatic heterocycles. The van der Waals surface area contributed by atoms with Gasteiger partial charge >= 0.3 is 5.97 Å². The van der Waals surface area contributed by atoms with Gasteiger partial charge in [-0.2, -0.15) is 0 Å². The maximum Gasteiger partial charge on any atom is 0.337 e. The van der Waals surface area contributed by atoms with Crippen LogP contribution in [-0.2, 0) is 4.74 Å². The molecule has 0 amide bonds. The minimum atomic E-state index is -0.318. The lowest BCUT2D eigenvalue weighted by Gasteiger charge is -2.02. The molecule has 118 valence electrons. The largest absolute Gasteiger partial charge is 0.465 e. The van der Waals surface area contributed by atoms with Crippen molar-refractivity contribution < 1.29 is 9.53 Å². The lowest BCUT2D eigenvalue weighted by Crippen LogP contribution is -2.00. The first kappa shape index (κ1) is 15.8. The van der Waals surface area contributed by atoms with Crippen molar-refractivity contribution >= 4 is 18.1 Å². The van der Waals surface area contributed by atoms with Crippen molar-refractivity contribution in [2.75, 3.05) is 7.11 Å². The van der Waals surface area contributed by atoms with Crippen LogP contribution in [0.1, 0.15) is 21.5 Å². The van der Waals surface area contributed by atoms with E-state index in [9.17, 15) is 4.79 Å². The minimum Gasteiger partial charge on any atom is -0.465 e. The summed E-state index contributed by atoms with van der Waals surface area (Å²) in [5.41, 5.74) is 5.14. The van der Waals surface area contributed by atoms with E-state index in [1.807, 2.05) is 36.4 Å². The van der Waals surface area contributed by atoms with E-state index in [4.69, 9.17) is 4.74 Å². The highest BCUT2D eigenvalue weighted by Crippen LogP contribution is 2.20. The first-order valence-electron chi connectivity index (χ1n) is 7.78. The molecule has 0 aliphatic rings. The predicted octanol–water partition coefficient (Wildman–Crippen LogP) is 5.31. The Kier molecular flexibility index (Phi) is 4.87. The highest BCUT2D eigenvalue weighted by Gasteiger charge is 2.03. The van der Waals surface area contributed by atoms with E-state index in [0.29, 0.717) is 5.56 Å². The molecule has 24 heavy (non-hydrogen) atoms. The Bertz CT molecular complexity index is 829. The van der Waals surface area contributed by atoms with Crippen molar-refractivity contribution in [1.29, 1.82) is 0 Å². The third-order valence-corrected chi connectivity index (χ3v) is 3.82. The van der Waals surface area contributed by atoms with E-state index < -0.39 is 0 Å². The van der Waals surface area contributed by atoms with Crippen LogP contribution >= 0.6 is 0 Å². The molecule has 2 heteroatoms. The number of hydrogen-bond donors (Lipinski definition) is 0. The quantitative estimate of drug-likeness (QED) is 0.482. The van der Waals surface area contributed by atoms with Crippen LogP contribution in [0.25, 0.3) is 23.3 Å². The second-order valence-corrected chi connectivity index (χ2v) is 5.43. The summed E-state index contributed by atoms with van der Waals surface area (Å²) in [6.07, 6.45) is 4.08. The maximum atomic E-state index is 11.4. The zero-order chi connectivity index (χ0) is 16.8. The van der Waals surface area contributed by atoms with Crippen molar-refractivity contribution in [3.63, 3.8) is 0 Å². The molecule has 0 heterocycles. The number of ether oxygens (including phenoxy) is 1. The molecule has 0 spiro atoms. The van der Waals surface area contributed by atoms with Crippen molar-refractivity contribution in [3.05, 3.63) is 95.6 Å². The first-order valence-corrected chi connectivity index (χ1v) is 7.78. The summed E-state index contributed by atoms with van der Waals surface area (Å²) in [5, 5.41) is 0. The average molecular weight is 314 g/mol. The Hall–Kier alpha value is -3.13. The normalized spacial score (nSPS) is 10.7. The molecule has 0 aromatic heterocycles. The number of hydrogen-bond acceptors (Lipinski definition) is 2. The van der Waals surface area contributed by atoms with Gasteiger partial charge in [0.15, 0.2) is 0 Å². The van der Waals surface area contributed by atoms with Gasteiger partial charge in [0.25, 0.3) is 0 Å². The van der Waals surface area contributed by atoms with E-state index in [1.54, 1.807) is 12.1 Å². The van der Waals surface area contributed by atoms with Crippen LogP contribution in [-0.4, -0.2) is 13.1 Å². The van der Waals surface area contributed by atoms with Crippen LogP contribution in [0.5, 0.6) is 0 Å². The Labute approximate surface area is 142 Å². The molecule has 0 bridgehead atoms. The number of esters is 1. The molecule has 0 unspecified atom stereocenters. The predicted molar refractivity (Wildman–Crippen MR) is 98.6 cm³/mol. The highest BCUT2D eigenvalue weighted by atomic mass is 16.5. The van der Waals surface area contributed by atoms with Gasteiger partial charge < -0.3 is 4.74 Å². The van der Waals surface area contributed by atoms with Gasteiger partial charge in [0.1, 0.15) is 0 Å². The fraction of sp³-hybridized carbons (Fsp3) is 0.0455. The van der Waals surface area contributed by atoms with E-state index in [2.05, 4.69) is 42.5 Å². The summed E-state index contributed by atoms with van der Waals surface area (Å²) >= 11 is 0. The summed E-state index contributed by atoms with van der Waals surface area (Å²) in [5.74, 6) is -0.318. The van der Waals surface area contributed by atoms with E-state index in [1.165, 1.54) is 18.2 Å². The van der Waals surface area contributed by atoms with Crippen molar-refractivity contribution in [3.8, 4) is 11.1 Å². The zero-order valence-electron chi connectivity index (χ0n) is 13.5. The van der Waals surface area contributed by atoms with Crippen molar-refractivity contribution in [1.82, 2.24) is 0 Å². The van der Waals surface area contributed by atoms with Crippen LogP contribution in [0.2, 0.25) is 0 Å². The lowest BCUT2D eigenvalue weighted by atomic mass is 10.0. The number of carbonyl (C=O) groups is 1. The fourth-order valence-electron chi connectivity index (χ4n) is 2.46. The molecular formula is C22H18O2. The van der Waals surface area contributed by atoms with Crippen LogP contribution in [0, 0.1) is 0 Å². The summed E-state index contributed by atoms with van der Waals surface area (Å²) < 4.78 is 4.70. The summed E-state index contributed by atoms with van der Waals surface area (Å²) in [4.78, 5) is 11.4. The van der Waals surface area contributed by atoms with Crippen molar-refractivity contribution in [2.24, 2.45) is 0 Å². The number of carbonyl (C=O) groups excluding carboxylic acids is 1. The van der Waals surface area contributed by atoms with Crippen LogP contribution in [0.4, 0.5) is 0 Å². The zero-order valence-corrected chi connectivity index (χ0v) is 13.5. The molecule has 3 aromatic carbocycles. The van der Waals surface area contributed by atoms with Gasteiger partial charge in [-0.3, -0.25) is 0 Å². The van der Waals surface area contributed by atoms with Crippen LogP contribution < -0.4 is 0 Å². The molecule has 0 fully saturated rings. The second kappa shape index (κ2) is 7.42. The molecule has 0 N–H and O–H groups in total. The molecule has 3 rings (SSSR count). The molecule has 0 aliphatic carbocycles. The fourth-order valence-corrected chi connectivity index (χ4v) is 2.46. The average Bonchev–Trinajstić information content (AvgIpc) is 2.67. The van der Waals surface area contributed by atoms with Gasteiger partial charge in [0.2, 0.25) is 0 Å². The van der Waals surface area contributed by atoms with Gasteiger partial charge in [-0.25, -0.2) is 4.79 Å². The second-order valence-electron chi connectivity index (χ2n) is 5.43. The Balaban J connectivity index is 1.71. The van der Waals surface area contributed by atoms with E-state index >= 15 is 0 Å². The summed E-state index contributed by atoms with van der Waals surface area (Å²) in [6, 6.07) is 26.1. The number of rotatable bonds is 4. The smallest absolute Gasteiger partial charge is 0.337 e. The van der Waals surface area contributed by atoms with Crippen LogP contribution in [0.3, 0.4) is 0 Å². The van der Waals surface area contributed by atoms with Gasteiger partial charge in [0.05, 0.1) is 12.7 Å². The lowest BCUT2D eigenvalue weighted by molar-refractivity contribution is 0.0600. The minimum absolute atomic E-state index is 0.318. The van der Waals surface area contributed by atoms with Gasteiger partial charge in [0, 0.05) is 0 Å². The molecule has 0 atom stereocenters. The van der Waals surface area contributed by atoms with Gasteiger partial charge in [-0.1, -0.05) is 78.9 Å². The van der Waals surface area contributed by atoms with Gasteiger partial charge in [-0.05, 0) is 34.4 Å². The molecule has 0 saturated heterocycles. The third kappa shape index (κ3) is 3.79. The van der Waals surface area contributed by atoms with E-state index in [-0.39, 0.29) is 5.97 Å². The molecule has 2 nitrogen and oxygen atoms in total. The first-order chi connectivity index (χ1) is 11.8. The third-order valence-electron chi connectivity index (χ3n) is 3.82. The number of methoxy groups -OCH3 is 1. The monoisotopic (exact) mass is 314 g/mol. The van der Waals surface area contributed by atoms with E-state index in [0.717, 1.165) is 11.1 Å². The Morgan fingerprint density at radius 1 is 0.708 bits per heavy atom. The standard InChI is InChI=1S/C22H18O2/c1-24-22(23)21-15-11-18(12-16-21)8-7-17-9-13-20(14-10-17)19-5-3-2-4-6-19/h2-16H,1H3/b8-7+. The molecule has 0 radical (unpaired) electrons.